The second-order valence-electron chi connectivity index (χ2n) is 7.01. The normalized spacial score (nSPS) is 10.9. The minimum absolute atomic E-state index is 0.0351. The first-order valence-corrected chi connectivity index (χ1v) is 11.3. The van der Waals surface area contributed by atoms with Crippen molar-refractivity contribution < 1.29 is 18.7 Å². The van der Waals surface area contributed by atoms with Gasteiger partial charge in [0, 0.05) is 17.3 Å². The fraction of sp³-hybridized carbons (Fsp3) is 0.304. The number of ether oxygens (including phenoxy) is 1. The lowest BCUT2D eigenvalue weighted by Gasteiger charge is -2.14. The molecule has 32 heavy (non-hydrogen) atoms. The lowest BCUT2D eigenvalue weighted by Crippen LogP contribution is -2.37. The highest BCUT2D eigenvalue weighted by molar-refractivity contribution is 7.99. The highest BCUT2D eigenvalue weighted by atomic mass is 32.2. The molecule has 0 aliphatic heterocycles. The molecule has 7 nitrogen and oxygen atoms in total. The summed E-state index contributed by atoms with van der Waals surface area (Å²) in [5.74, 6) is -0.697. The minimum Gasteiger partial charge on any atom is -0.455 e. The third-order valence-electron chi connectivity index (χ3n) is 4.78. The quantitative estimate of drug-likeness (QED) is 0.366. The monoisotopic (exact) mass is 456 g/mol. The Morgan fingerprint density at radius 1 is 1.06 bits per heavy atom. The van der Waals surface area contributed by atoms with E-state index in [1.54, 1.807) is 16.7 Å². The van der Waals surface area contributed by atoms with Gasteiger partial charge in [-0.05, 0) is 49.2 Å². The summed E-state index contributed by atoms with van der Waals surface area (Å²) >= 11 is 1.15. The molecule has 3 aromatic rings. The molecule has 0 aliphatic carbocycles. The van der Waals surface area contributed by atoms with Gasteiger partial charge in [0.2, 0.25) is 0 Å². The Balaban J connectivity index is 1.69. The number of hydrogen-bond donors (Lipinski definition) is 1. The van der Waals surface area contributed by atoms with Gasteiger partial charge in [0.15, 0.2) is 17.6 Å². The van der Waals surface area contributed by atoms with Crippen LogP contribution in [0.25, 0.3) is 17.1 Å². The van der Waals surface area contributed by atoms with Crippen LogP contribution >= 0.6 is 11.8 Å². The van der Waals surface area contributed by atoms with Gasteiger partial charge in [-0.25, -0.2) is 4.39 Å². The van der Waals surface area contributed by atoms with Gasteiger partial charge < -0.3 is 10.1 Å². The molecule has 0 saturated heterocycles. The van der Waals surface area contributed by atoms with Crippen LogP contribution in [0.15, 0.2) is 59.8 Å². The first-order valence-electron chi connectivity index (χ1n) is 10.4. The predicted octanol–water partition coefficient (Wildman–Crippen LogP) is 4.01. The van der Waals surface area contributed by atoms with Crippen molar-refractivity contribution in [2.75, 3.05) is 12.4 Å². The number of nitrogens with one attached hydrogen (secondary N) is 1. The van der Waals surface area contributed by atoms with E-state index in [1.807, 2.05) is 44.2 Å². The number of nitrogens with zero attached hydrogens (tertiary/aromatic N) is 3. The summed E-state index contributed by atoms with van der Waals surface area (Å²) in [4.78, 5) is 24.1. The van der Waals surface area contributed by atoms with Gasteiger partial charge >= 0.3 is 5.97 Å². The lowest BCUT2D eigenvalue weighted by atomic mass is 10.2. The molecule has 0 aliphatic rings. The lowest BCUT2D eigenvalue weighted by molar-refractivity contribution is -0.146. The number of esters is 1. The summed E-state index contributed by atoms with van der Waals surface area (Å²) in [6.07, 6.45) is 1.63. The van der Waals surface area contributed by atoms with Gasteiger partial charge in [0.1, 0.15) is 5.82 Å². The van der Waals surface area contributed by atoms with Crippen molar-refractivity contribution in [1.82, 2.24) is 20.1 Å². The third-order valence-corrected chi connectivity index (χ3v) is 5.69. The molecule has 1 N–H and O–H groups in total. The summed E-state index contributed by atoms with van der Waals surface area (Å²) in [5.41, 5.74) is 1.49. The SMILES string of the molecule is CCC(CC)NC(=O)COC(=O)CSc1nnc(-c2ccc(F)cc2)n1-c1ccccc1. The van der Waals surface area contributed by atoms with Crippen LogP contribution in [0.3, 0.4) is 0 Å². The smallest absolute Gasteiger partial charge is 0.316 e. The van der Waals surface area contributed by atoms with Crippen molar-refractivity contribution in [2.45, 2.75) is 37.9 Å². The van der Waals surface area contributed by atoms with Crippen LogP contribution in [0, 0.1) is 5.82 Å². The van der Waals surface area contributed by atoms with Gasteiger partial charge in [-0.1, -0.05) is 43.8 Å². The van der Waals surface area contributed by atoms with E-state index in [-0.39, 0.29) is 30.1 Å². The summed E-state index contributed by atoms with van der Waals surface area (Å²) in [6, 6.07) is 15.5. The second kappa shape index (κ2) is 11.4. The van der Waals surface area contributed by atoms with Gasteiger partial charge in [-0.15, -0.1) is 10.2 Å². The number of carbonyl (C=O) groups is 2. The van der Waals surface area contributed by atoms with Gasteiger partial charge in [0.05, 0.1) is 5.75 Å². The van der Waals surface area contributed by atoms with Crippen LogP contribution in [0.1, 0.15) is 26.7 Å². The van der Waals surface area contributed by atoms with Gasteiger partial charge in [-0.2, -0.15) is 0 Å². The van der Waals surface area contributed by atoms with Crippen LogP contribution in [-0.2, 0) is 14.3 Å². The third kappa shape index (κ3) is 6.16. The number of halogens is 1. The van der Waals surface area contributed by atoms with E-state index < -0.39 is 5.97 Å². The molecule has 0 unspecified atom stereocenters. The van der Waals surface area contributed by atoms with Crippen molar-refractivity contribution in [3.8, 4) is 17.1 Å². The highest BCUT2D eigenvalue weighted by Crippen LogP contribution is 2.28. The van der Waals surface area contributed by atoms with Crippen LogP contribution < -0.4 is 5.32 Å². The Morgan fingerprint density at radius 2 is 1.75 bits per heavy atom. The number of para-hydroxylation sites is 1. The van der Waals surface area contributed by atoms with Crippen molar-refractivity contribution in [2.24, 2.45) is 0 Å². The first-order chi connectivity index (χ1) is 15.5. The minimum atomic E-state index is -0.527. The number of hydrogen-bond acceptors (Lipinski definition) is 6. The van der Waals surface area contributed by atoms with E-state index in [2.05, 4.69) is 15.5 Å². The molecule has 3 rings (SSSR count). The maximum absolute atomic E-state index is 13.4. The molecule has 0 fully saturated rings. The van der Waals surface area contributed by atoms with E-state index in [0.29, 0.717) is 16.5 Å². The maximum atomic E-state index is 13.4. The van der Waals surface area contributed by atoms with Gasteiger partial charge in [0.25, 0.3) is 5.91 Å². The number of thioether (sulfide) groups is 1. The zero-order chi connectivity index (χ0) is 22.9. The predicted molar refractivity (Wildman–Crippen MR) is 121 cm³/mol. The second-order valence-corrected chi connectivity index (χ2v) is 7.96. The molecule has 1 aromatic heterocycles. The van der Waals surface area contributed by atoms with Crippen LogP contribution in [0.2, 0.25) is 0 Å². The van der Waals surface area contributed by atoms with Crippen LogP contribution in [0.4, 0.5) is 4.39 Å². The Bertz CT molecular complexity index is 1040. The van der Waals surface area contributed by atoms with E-state index in [4.69, 9.17) is 4.74 Å². The van der Waals surface area contributed by atoms with Crippen molar-refractivity contribution in [1.29, 1.82) is 0 Å². The molecule has 1 heterocycles. The van der Waals surface area contributed by atoms with E-state index in [1.165, 1.54) is 12.1 Å². The van der Waals surface area contributed by atoms with Crippen molar-refractivity contribution >= 4 is 23.6 Å². The molecule has 0 spiro atoms. The van der Waals surface area contributed by atoms with E-state index in [9.17, 15) is 14.0 Å². The molecule has 0 atom stereocenters. The Hall–Kier alpha value is -3.20. The summed E-state index contributed by atoms with van der Waals surface area (Å²) in [7, 11) is 0. The zero-order valence-corrected chi connectivity index (χ0v) is 18.8. The molecule has 0 bridgehead atoms. The molecule has 2 aromatic carbocycles. The largest absolute Gasteiger partial charge is 0.455 e. The van der Waals surface area contributed by atoms with Crippen molar-refractivity contribution in [3.63, 3.8) is 0 Å². The number of rotatable bonds is 10. The Kier molecular flexibility index (Phi) is 8.38. The van der Waals surface area contributed by atoms with E-state index >= 15 is 0 Å². The topological polar surface area (TPSA) is 86.1 Å². The number of benzene rings is 2. The number of amides is 1. The van der Waals surface area contributed by atoms with Crippen LogP contribution in [0.5, 0.6) is 0 Å². The first kappa shape index (κ1) is 23.5. The number of aromatic nitrogens is 3. The summed E-state index contributed by atoms with van der Waals surface area (Å²) < 4.78 is 20.2. The van der Waals surface area contributed by atoms with Crippen LogP contribution in [-0.4, -0.2) is 45.0 Å². The average molecular weight is 457 g/mol. The summed E-state index contributed by atoms with van der Waals surface area (Å²) in [5, 5.41) is 11.8. The molecule has 168 valence electrons. The van der Waals surface area contributed by atoms with E-state index in [0.717, 1.165) is 30.3 Å². The molecule has 0 radical (unpaired) electrons. The average Bonchev–Trinajstić information content (AvgIpc) is 3.24. The fourth-order valence-electron chi connectivity index (χ4n) is 3.03. The Morgan fingerprint density at radius 3 is 2.41 bits per heavy atom. The highest BCUT2D eigenvalue weighted by Gasteiger charge is 2.18. The Labute approximate surface area is 190 Å². The molecule has 1 amide bonds. The fourth-order valence-corrected chi connectivity index (χ4v) is 3.78. The maximum Gasteiger partial charge on any atom is 0.316 e. The molecule has 0 saturated carbocycles. The molecular weight excluding hydrogens is 431 g/mol. The summed E-state index contributed by atoms with van der Waals surface area (Å²) in [6.45, 7) is 3.66. The zero-order valence-electron chi connectivity index (χ0n) is 18.0. The standard InChI is InChI=1S/C23H25FN4O3S/c1-3-18(4-2)25-20(29)14-31-21(30)15-32-23-27-26-22(16-10-12-17(24)13-11-16)28(23)19-8-6-5-7-9-19/h5-13,18H,3-4,14-15H2,1-2H3,(H,25,29). The molecule has 9 heteroatoms. The molecular formula is C23H25FN4O3S. The number of carbonyl (C=O) groups excluding carboxylic acids is 2. The van der Waals surface area contributed by atoms with Gasteiger partial charge in [-0.3, -0.25) is 14.2 Å². The van der Waals surface area contributed by atoms with Crippen molar-refractivity contribution in [3.05, 3.63) is 60.4 Å².